The molecule has 2 rings (SSSR count). The van der Waals surface area contributed by atoms with Crippen molar-refractivity contribution in [3.05, 3.63) is 18.0 Å². The van der Waals surface area contributed by atoms with E-state index >= 15 is 0 Å². The number of piperidine rings is 1. The maximum Gasteiger partial charge on any atom is 0.435 e. The van der Waals surface area contributed by atoms with Crippen molar-refractivity contribution in [2.75, 3.05) is 13.1 Å². The Balaban J connectivity index is 2.12. The van der Waals surface area contributed by atoms with Gasteiger partial charge in [-0.15, -0.1) is 0 Å². The van der Waals surface area contributed by atoms with E-state index in [1.807, 2.05) is 0 Å². The predicted molar refractivity (Wildman–Crippen MR) is 74.3 cm³/mol. The highest BCUT2D eigenvalue weighted by atomic mass is 32.2. The molecule has 0 spiro atoms. The van der Waals surface area contributed by atoms with Gasteiger partial charge in [0.1, 0.15) is 0 Å². The molecular formula is C12H19F3N4O2S. The third kappa shape index (κ3) is 3.99. The quantitative estimate of drug-likeness (QED) is 0.908. The molecule has 1 aliphatic rings. The maximum absolute atomic E-state index is 12.6. The van der Waals surface area contributed by atoms with E-state index in [1.54, 1.807) is 13.8 Å². The van der Waals surface area contributed by atoms with Gasteiger partial charge in [-0.1, -0.05) is 0 Å². The summed E-state index contributed by atoms with van der Waals surface area (Å²) in [6.07, 6.45) is -2.08. The van der Waals surface area contributed by atoms with Crippen LogP contribution in [-0.4, -0.2) is 41.6 Å². The first-order chi connectivity index (χ1) is 10.1. The normalized spacial score (nSPS) is 21.5. The number of nitrogens with zero attached hydrogens (tertiary/aromatic N) is 3. The van der Waals surface area contributed by atoms with E-state index in [0.29, 0.717) is 19.4 Å². The van der Waals surface area contributed by atoms with Crippen LogP contribution in [0.25, 0.3) is 0 Å². The van der Waals surface area contributed by atoms with Crippen LogP contribution in [0.3, 0.4) is 0 Å². The third-order valence-electron chi connectivity index (χ3n) is 3.36. The van der Waals surface area contributed by atoms with Crippen molar-refractivity contribution in [1.82, 2.24) is 18.8 Å². The van der Waals surface area contributed by atoms with Crippen LogP contribution >= 0.6 is 0 Å². The summed E-state index contributed by atoms with van der Waals surface area (Å²) < 4.78 is 67.0. The lowest BCUT2D eigenvalue weighted by Gasteiger charge is -2.32. The molecule has 0 bridgehead atoms. The summed E-state index contributed by atoms with van der Waals surface area (Å²) in [6, 6.07) is 0.264. The minimum absolute atomic E-state index is 0.112. The molecule has 6 nitrogen and oxygen atoms in total. The van der Waals surface area contributed by atoms with Crippen molar-refractivity contribution in [1.29, 1.82) is 0 Å². The zero-order chi connectivity index (χ0) is 16.5. The Morgan fingerprint density at radius 1 is 1.41 bits per heavy atom. The first-order valence-corrected chi connectivity index (χ1v) is 8.43. The van der Waals surface area contributed by atoms with Crippen molar-refractivity contribution >= 4 is 10.2 Å². The Labute approximate surface area is 127 Å². The molecule has 0 amide bonds. The molecule has 1 N–H and O–H groups in total. The summed E-state index contributed by atoms with van der Waals surface area (Å²) in [5.41, 5.74) is -0.965. The minimum atomic E-state index is -4.50. The van der Waals surface area contributed by atoms with Gasteiger partial charge in [-0.05, 0) is 32.8 Å². The summed E-state index contributed by atoms with van der Waals surface area (Å²) in [6.45, 7) is 3.89. The second kappa shape index (κ2) is 6.17. The SMILES string of the molecule is CC(C)NS(=O)(=O)N1CCCC(n2ccc(C(F)(F)F)n2)C1. The van der Waals surface area contributed by atoms with Crippen molar-refractivity contribution in [2.24, 2.45) is 0 Å². The molecule has 0 aliphatic carbocycles. The standard InChI is InChI=1S/C12H19F3N4O2S/c1-9(2)17-22(20,21)18-6-3-4-10(8-18)19-7-5-11(16-19)12(13,14)15/h5,7,9-10,17H,3-4,6,8H2,1-2H3. The topological polar surface area (TPSA) is 67.2 Å². The van der Waals surface area contributed by atoms with Crippen LogP contribution in [0.1, 0.15) is 38.4 Å². The van der Waals surface area contributed by atoms with Crippen molar-refractivity contribution in [2.45, 2.75) is 44.9 Å². The van der Waals surface area contributed by atoms with E-state index in [1.165, 1.54) is 15.2 Å². The Morgan fingerprint density at radius 3 is 2.64 bits per heavy atom. The number of alkyl halides is 3. The number of rotatable bonds is 4. The van der Waals surface area contributed by atoms with Crippen LogP contribution in [0.15, 0.2) is 12.3 Å². The van der Waals surface area contributed by atoms with E-state index < -0.39 is 28.1 Å². The summed E-state index contributed by atoms with van der Waals surface area (Å²) in [7, 11) is -3.63. The van der Waals surface area contributed by atoms with E-state index in [0.717, 1.165) is 6.07 Å². The molecule has 0 radical (unpaired) electrons. The van der Waals surface area contributed by atoms with Crippen molar-refractivity contribution < 1.29 is 21.6 Å². The van der Waals surface area contributed by atoms with Gasteiger partial charge in [0.15, 0.2) is 5.69 Å². The molecule has 126 valence electrons. The van der Waals surface area contributed by atoms with Gasteiger partial charge in [0, 0.05) is 25.3 Å². The summed E-state index contributed by atoms with van der Waals surface area (Å²) in [5.74, 6) is 0. The molecule has 1 aromatic heterocycles. The van der Waals surface area contributed by atoms with Crippen LogP contribution in [0.5, 0.6) is 0 Å². The van der Waals surface area contributed by atoms with Crippen LogP contribution in [-0.2, 0) is 16.4 Å². The number of hydrogen-bond donors (Lipinski definition) is 1. The van der Waals surface area contributed by atoms with Gasteiger partial charge in [0.05, 0.1) is 6.04 Å². The predicted octanol–water partition coefficient (Wildman–Crippen LogP) is 1.78. The van der Waals surface area contributed by atoms with E-state index in [9.17, 15) is 21.6 Å². The molecule has 1 saturated heterocycles. The van der Waals surface area contributed by atoms with Crippen LogP contribution < -0.4 is 4.72 Å². The van der Waals surface area contributed by atoms with E-state index in [2.05, 4.69) is 9.82 Å². The fourth-order valence-corrected chi connectivity index (χ4v) is 3.90. The number of nitrogens with one attached hydrogen (secondary N) is 1. The Morgan fingerprint density at radius 2 is 2.09 bits per heavy atom. The molecule has 1 atom stereocenters. The van der Waals surface area contributed by atoms with Gasteiger partial charge in [-0.3, -0.25) is 4.68 Å². The van der Waals surface area contributed by atoms with Gasteiger partial charge in [0.25, 0.3) is 10.2 Å². The number of hydrogen-bond acceptors (Lipinski definition) is 3. The summed E-state index contributed by atoms with van der Waals surface area (Å²) in [5, 5.41) is 3.53. The molecule has 0 saturated carbocycles. The highest BCUT2D eigenvalue weighted by Gasteiger charge is 2.35. The fourth-order valence-electron chi connectivity index (χ4n) is 2.42. The van der Waals surface area contributed by atoms with Gasteiger partial charge in [0.2, 0.25) is 0 Å². The molecule has 1 unspecified atom stereocenters. The van der Waals surface area contributed by atoms with Crippen LogP contribution in [0, 0.1) is 0 Å². The molecule has 10 heteroatoms. The first kappa shape index (κ1) is 17.2. The molecule has 22 heavy (non-hydrogen) atoms. The highest BCUT2D eigenvalue weighted by Crippen LogP contribution is 2.29. The molecular weight excluding hydrogens is 321 g/mol. The van der Waals surface area contributed by atoms with Crippen molar-refractivity contribution in [3.8, 4) is 0 Å². The second-order valence-corrected chi connectivity index (χ2v) is 7.31. The molecule has 1 aliphatic heterocycles. The molecule has 1 aromatic rings. The third-order valence-corrected chi connectivity index (χ3v) is 5.14. The number of aromatic nitrogens is 2. The van der Waals surface area contributed by atoms with Gasteiger partial charge >= 0.3 is 6.18 Å². The van der Waals surface area contributed by atoms with E-state index in [4.69, 9.17) is 0 Å². The maximum atomic E-state index is 12.6. The smallest absolute Gasteiger partial charge is 0.268 e. The van der Waals surface area contributed by atoms with Crippen LogP contribution in [0.4, 0.5) is 13.2 Å². The highest BCUT2D eigenvalue weighted by molar-refractivity contribution is 7.87. The lowest BCUT2D eigenvalue weighted by molar-refractivity contribution is -0.141. The first-order valence-electron chi connectivity index (χ1n) is 6.99. The summed E-state index contributed by atoms with van der Waals surface area (Å²) >= 11 is 0. The Bertz CT molecular complexity index is 612. The van der Waals surface area contributed by atoms with Gasteiger partial charge in [-0.25, -0.2) is 0 Å². The Kier molecular flexibility index (Phi) is 4.83. The summed E-state index contributed by atoms with van der Waals surface area (Å²) in [4.78, 5) is 0. The van der Waals surface area contributed by atoms with Gasteiger partial charge in [-0.2, -0.15) is 35.7 Å². The molecule has 2 heterocycles. The second-order valence-electron chi connectivity index (χ2n) is 5.61. The fraction of sp³-hybridized carbons (Fsp3) is 0.750. The average molecular weight is 340 g/mol. The largest absolute Gasteiger partial charge is 0.435 e. The van der Waals surface area contributed by atoms with Crippen LogP contribution in [0.2, 0.25) is 0 Å². The number of halogens is 3. The molecule has 1 fully saturated rings. The zero-order valence-corrected chi connectivity index (χ0v) is 13.2. The lowest BCUT2D eigenvalue weighted by atomic mass is 10.1. The van der Waals surface area contributed by atoms with Crippen molar-refractivity contribution in [3.63, 3.8) is 0 Å². The lowest BCUT2D eigenvalue weighted by Crippen LogP contribution is -2.48. The minimum Gasteiger partial charge on any atom is -0.268 e. The van der Waals surface area contributed by atoms with Gasteiger partial charge < -0.3 is 0 Å². The average Bonchev–Trinajstić information content (AvgIpc) is 2.87. The zero-order valence-electron chi connectivity index (χ0n) is 12.3. The van der Waals surface area contributed by atoms with E-state index in [-0.39, 0.29) is 12.6 Å². The molecule has 0 aromatic carbocycles. The monoisotopic (exact) mass is 340 g/mol. The Hall–Kier alpha value is -1.13.